The fourth-order valence-corrected chi connectivity index (χ4v) is 3.13. The van der Waals surface area contributed by atoms with Crippen molar-refractivity contribution in [2.45, 2.75) is 45.2 Å². The van der Waals surface area contributed by atoms with E-state index in [0.29, 0.717) is 19.4 Å². The molecule has 1 saturated heterocycles. The number of hydrogen-bond donors (Lipinski definition) is 3. The van der Waals surface area contributed by atoms with Crippen molar-refractivity contribution in [1.29, 1.82) is 5.26 Å². The van der Waals surface area contributed by atoms with Crippen molar-refractivity contribution < 1.29 is 9.59 Å². The molecule has 0 spiro atoms. The van der Waals surface area contributed by atoms with E-state index in [1.165, 1.54) is 16.8 Å². The second kappa shape index (κ2) is 8.52. The predicted molar refractivity (Wildman–Crippen MR) is 96.9 cm³/mol. The molecular formula is C18H25N5O3. The van der Waals surface area contributed by atoms with Gasteiger partial charge in [-0.15, -0.1) is 0 Å². The van der Waals surface area contributed by atoms with Gasteiger partial charge in [0.05, 0.1) is 11.8 Å². The van der Waals surface area contributed by atoms with Crippen LogP contribution in [0.4, 0.5) is 5.69 Å². The van der Waals surface area contributed by atoms with Crippen LogP contribution in [0.5, 0.6) is 0 Å². The zero-order valence-corrected chi connectivity index (χ0v) is 15.1. The largest absolute Gasteiger partial charge is 0.394 e. The number of nitrogens with one attached hydrogen (secondary N) is 2. The van der Waals surface area contributed by atoms with Crippen LogP contribution in [0.1, 0.15) is 39.2 Å². The Labute approximate surface area is 152 Å². The summed E-state index contributed by atoms with van der Waals surface area (Å²) in [5, 5.41) is 14.8. The van der Waals surface area contributed by atoms with Gasteiger partial charge in [0.1, 0.15) is 12.1 Å². The molecule has 2 rings (SSSR count). The molecule has 4 N–H and O–H groups in total. The van der Waals surface area contributed by atoms with Crippen LogP contribution < -0.4 is 21.9 Å². The van der Waals surface area contributed by atoms with E-state index < -0.39 is 23.6 Å². The summed E-state index contributed by atoms with van der Waals surface area (Å²) in [6, 6.07) is 3.59. The molecule has 0 aliphatic carbocycles. The van der Waals surface area contributed by atoms with Crippen LogP contribution in [0, 0.1) is 23.2 Å². The molecule has 26 heavy (non-hydrogen) atoms. The lowest BCUT2D eigenvalue weighted by atomic mass is 9.98. The molecule has 3 atom stereocenters. The van der Waals surface area contributed by atoms with Gasteiger partial charge in [-0.2, -0.15) is 5.26 Å². The monoisotopic (exact) mass is 359 g/mol. The Morgan fingerprint density at radius 2 is 2.23 bits per heavy atom. The summed E-state index contributed by atoms with van der Waals surface area (Å²) < 4.78 is 1.31. The minimum absolute atomic E-state index is 0.0634. The molecule has 2 heterocycles. The number of nitrogens with two attached hydrogens (primary N) is 1. The maximum Gasteiger partial charge on any atom is 0.274 e. The Hall–Kier alpha value is -2.82. The number of carbonyl (C=O) groups is 2. The zero-order valence-electron chi connectivity index (χ0n) is 15.1. The van der Waals surface area contributed by atoms with Gasteiger partial charge in [-0.1, -0.05) is 13.8 Å². The number of nitrogen functional groups attached to an aromatic ring is 1. The van der Waals surface area contributed by atoms with Crippen molar-refractivity contribution in [1.82, 2.24) is 15.2 Å². The van der Waals surface area contributed by atoms with E-state index in [0.717, 1.165) is 0 Å². The normalized spacial score (nSPS) is 18.8. The van der Waals surface area contributed by atoms with E-state index in [-0.39, 0.29) is 29.9 Å². The number of hydrogen-bond acceptors (Lipinski definition) is 5. The molecule has 0 aromatic carbocycles. The van der Waals surface area contributed by atoms with Crippen LogP contribution in [-0.4, -0.2) is 29.0 Å². The Kier molecular flexibility index (Phi) is 6.39. The standard InChI is InChI=1S/C18H25N5O3/c1-11(2)8-15(23-7-3-4-14(20)18(23)26)17(25)22-13(10-19)9-12-5-6-21-16(12)24/h3-4,7,11-13,15H,5-6,8-9,20H2,1-2H3,(H,21,24)(H,22,25)/t12-,13-,15-/m0/s1. The average Bonchev–Trinajstić information content (AvgIpc) is 2.99. The molecular weight excluding hydrogens is 334 g/mol. The van der Waals surface area contributed by atoms with E-state index in [4.69, 9.17) is 5.73 Å². The van der Waals surface area contributed by atoms with Gasteiger partial charge < -0.3 is 20.9 Å². The van der Waals surface area contributed by atoms with E-state index >= 15 is 0 Å². The van der Waals surface area contributed by atoms with E-state index in [1.54, 1.807) is 6.07 Å². The van der Waals surface area contributed by atoms with Gasteiger partial charge in [-0.25, -0.2) is 0 Å². The third kappa shape index (κ3) is 4.63. The van der Waals surface area contributed by atoms with Crippen molar-refractivity contribution >= 4 is 17.5 Å². The van der Waals surface area contributed by atoms with E-state index in [1.807, 2.05) is 19.9 Å². The SMILES string of the molecule is CC(C)C[C@@H](C(=O)N[C@H](C#N)C[C@@H]1CCNC1=O)n1cccc(N)c1=O. The van der Waals surface area contributed by atoms with Crippen molar-refractivity contribution in [2.24, 2.45) is 11.8 Å². The molecule has 1 aromatic heterocycles. The van der Waals surface area contributed by atoms with Crippen molar-refractivity contribution in [3.8, 4) is 6.07 Å². The Morgan fingerprint density at radius 3 is 2.81 bits per heavy atom. The van der Waals surface area contributed by atoms with Crippen LogP contribution in [0.3, 0.4) is 0 Å². The Morgan fingerprint density at radius 1 is 1.50 bits per heavy atom. The van der Waals surface area contributed by atoms with Gasteiger partial charge in [0.15, 0.2) is 0 Å². The summed E-state index contributed by atoms with van der Waals surface area (Å²) in [4.78, 5) is 36.8. The van der Waals surface area contributed by atoms with Gasteiger partial charge in [0, 0.05) is 18.7 Å². The first-order valence-corrected chi connectivity index (χ1v) is 8.77. The van der Waals surface area contributed by atoms with Gasteiger partial charge >= 0.3 is 0 Å². The highest BCUT2D eigenvalue weighted by atomic mass is 16.2. The highest BCUT2D eigenvalue weighted by Crippen LogP contribution is 2.19. The van der Waals surface area contributed by atoms with Gasteiger partial charge in [-0.05, 0) is 37.3 Å². The van der Waals surface area contributed by atoms with Crippen LogP contribution in [0.15, 0.2) is 23.1 Å². The summed E-state index contributed by atoms with van der Waals surface area (Å²) in [6.45, 7) is 4.48. The molecule has 2 amide bonds. The van der Waals surface area contributed by atoms with Gasteiger partial charge in [0.25, 0.3) is 5.56 Å². The molecule has 0 saturated carbocycles. The number of nitriles is 1. The molecule has 1 aliphatic heterocycles. The lowest BCUT2D eigenvalue weighted by molar-refractivity contribution is -0.126. The summed E-state index contributed by atoms with van der Waals surface area (Å²) in [5.74, 6) is -0.638. The molecule has 0 radical (unpaired) electrons. The summed E-state index contributed by atoms with van der Waals surface area (Å²) in [5.41, 5.74) is 5.31. The first-order chi connectivity index (χ1) is 12.3. The van der Waals surface area contributed by atoms with Crippen molar-refractivity contribution in [3.05, 3.63) is 28.7 Å². The average molecular weight is 359 g/mol. The topological polar surface area (TPSA) is 130 Å². The quantitative estimate of drug-likeness (QED) is 0.654. The fraction of sp³-hybridized carbons (Fsp3) is 0.556. The first-order valence-electron chi connectivity index (χ1n) is 8.77. The minimum Gasteiger partial charge on any atom is -0.394 e. The number of amides is 2. The van der Waals surface area contributed by atoms with E-state index in [2.05, 4.69) is 10.6 Å². The summed E-state index contributed by atoms with van der Waals surface area (Å²) in [7, 11) is 0. The lowest BCUT2D eigenvalue weighted by Crippen LogP contribution is -2.43. The number of aromatic nitrogens is 1. The van der Waals surface area contributed by atoms with Crippen LogP contribution >= 0.6 is 0 Å². The van der Waals surface area contributed by atoms with Crippen LogP contribution in [-0.2, 0) is 9.59 Å². The lowest BCUT2D eigenvalue weighted by Gasteiger charge is -2.23. The van der Waals surface area contributed by atoms with Gasteiger partial charge in [0.2, 0.25) is 11.8 Å². The fourth-order valence-electron chi connectivity index (χ4n) is 3.13. The smallest absolute Gasteiger partial charge is 0.274 e. The highest BCUT2D eigenvalue weighted by molar-refractivity contribution is 5.82. The Balaban J connectivity index is 2.18. The predicted octanol–water partition coefficient (Wildman–Crippen LogP) is 0.552. The third-order valence-corrected chi connectivity index (χ3v) is 4.49. The maximum atomic E-state index is 12.8. The molecule has 1 fully saturated rings. The molecule has 0 unspecified atom stereocenters. The highest BCUT2D eigenvalue weighted by Gasteiger charge is 2.30. The molecule has 140 valence electrons. The van der Waals surface area contributed by atoms with Crippen molar-refractivity contribution in [2.75, 3.05) is 12.3 Å². The third-order valence-electron chi connectivity index (χ3n) is 4.49. The number of rotatable bonds is 7. The second-order valence-corrected chi connectivity index (χ2v) is 7.02. The van der Waals surface area contributed by atoms with Crippen LogP contribution in [0.25, 0.3) is 0 Å². The molecule has 8 heteroatoms. The summed E-state index contributed by atoms with van der Waals surface area (Å²) >= 11 is 0. The van der Waals surface area contributed by atoms with E-state index in [9.17, 15) is 19.6 Å². The van der Waals surface area contributed by atoms with Gasteiger partial charge in [-0.3, -0.25) is 14.4 Å². The minimum atomic E-state index is -0.789. The second-order valence-electron chi connectivity index (χ2n) is 7.02. The Bertz CT molecular complexity index is 765. The number of nitrogens with zero attached hydrogens (tertiary/aromatic N) is 2. The first kappa shape index (κ1) is 19.5. The maximum absolute atomic E-state index is 12.8. The number of carbonyl (C=O) groups excluding carboxylic acids is 2. The molecule has 1 aromatic rings. The molecule has 0 bridgehead atoms. The van der Waals surface area contributed by atoms with Crippen LogP contribution in [0.2, 0.25) is 0 Å². The number of pyridine rings is 1. The van der Waals surface area contributed by atoms with Crippen molar-refractivity contribution in [3.63, 3.8) is 0 Å². The zero-order chi connectivity index (χ0) is 19.3. The molecule has 1 aliphatic rings. The number of anilines is 1. The summed E-state index contributed by atoms with van der Waals surface area (Å²) in [6.07, 6.45) is 2.86. The molecule has 8 nitrogen and oxygen atoms in total.